The fourth-order valence-corrected chi connectivity index (χ4v) is 1.67. The molecule has 2 amide bonds. The third-order valence-electron chi connectivity index (χ3n) is 2.97. The second kappa shape index (κ2) is 8.78. The summed E-state index contributed by atoms with van der Waals surface area (Å²) >= 11 is 0. The predicted octanol–water partition coefficient (Wildman–Crippen LogP) is 2.22. The number of unbranched alkanes of at least 4 members (excludes halogenated alkanes) is 1. The molecule has 0 aliphatic rings. The molecule has 0 saturated carbocycles. The smallest absolute Gasteiger partial charge is 0.315 e. The molecule has 0 fully saturated rings. The van der Waals surface area contributed by atoms with Crippen LogP contribution in [0.1, 0.15) is 47.0 Å². The zero-order chi connectivity index (χ0) is 14.1. The van der Waals surface area contributed by atoms with Crippen LogP contribution in [0.5, 0.6) is 0 Å². The van der Waals surface area contributed by atoms with Crippen molar-refractivity contribution in [1.82, 2.24) is 10.6 Å². The van der Waals surface area contributed by atoms with Crippen LogP contribution in [-0.4, -0.2) is 29.7 Å². The Morgan fingerprint density at radius 1 is 1.22 bits per heavy atom. The molecule has 0 aromatic rings. The van der Waals surface area contributed by atoms with Crippen LogP contribution in [0.4, 0.5) is 4.79 Å². The van der Waals surface area contributed by atoms with E-state index in [1.807, 2.05) is 20.8 Å². The molecule has 5 heteroatoms. The Morgan fingerprint density at radius 3 is 2.28 bits per heavy atom. The molecule has 0 aromatic carbocycles. The van der Waals surface area contributed by atoms with Gasteiger partial charge in [0.2, 0.25) is 0 Å². The molecular weight excluding hydrogens is 232 g/mol. The molecule has 3 N–H and O–H groups in total. The maximum Gasteiger partial charge on any atom is 0.315 e. The van der Waals surface area contributed by atoms with Crippen LogP contribution >= 0.6 is 0 Å². The highest BCUT2D eigenvalue weighted by molar-refractivity contribution is 5.76. The highest BCUT2D eigenvalue weighted by Gasteiger charge is 2.22. The first-order chi connectivity index (χ1) is 8.38. The van der Waals surface area contributed by atoms with Crippen LogP contribution in [0, 0.1) is 11.8 Å². The van der Waals surface area contributed by atoms with Gasteiger partial charge in [-0.15, -0.1) is 0 Å². The lowest BCUT2D eigenvalue weighted by atomic mass is 9.96. The lowest BCUT2D eigenvalue weighted by molar-refractivity contribution is -0.142. The van der Waals surface area contributed by atoms with Gasteiger partial charge in [-0.25, -0.2) is 4.79 Å². The number of nitrogens with one attached hydrogen (secondary N) is 2. The summed E-state index contributed by atoms with van der Waals surface area (Å²) in [4.78, 5) is 22.5. The molecule has 0 saturated heterocycles. The molecule has 2 unspecified atom stereocenters. The average molecular weight is 258 g/mol. The number of hydrogen-bond donors (Lipinski definition) is 3. The molecule has 0 rings (SSSR count). The van der Waals surface area contributed by atoms with Crippen molar-refractivity contribution in [2.24, 2.45) is 11.8 Å². The first-order valence-corrected chi connectivity index (χ1v) is 6.65. The van der Waals surface area contributed by atoms with Gasteiger partial charge in [-0.3, -0.25) is 4.79 Å². The molecule has 0 radical (unpaired) electrons. The fraction of sp³-hybridized carbons (Fsp3) is 0.846. The second-order valence-electron chi connectivity index (χ2n) is 5.09. The monoisotopic (exact) mass is 258 g/mol. The molecule has 106 valence electrons. The van der Waals surface area contributed by atoms with Crippen LogP contribution in [0.2, 0.25) is 0 Å². The minimum atomic E-state index is -0.871. The minimum Gasteiger partial charge on any atom is -0.481 e. The Kier molecular flexibility index (Phi) is 8.16. The molecule has 5 nitrogen and oxygen atoms in total. The van der Waals surface area contributed by atoms with E-state index in [1.165, 1.54) is 0 Å². The van der Waals surface area contributed by atoms with E-state index in [1.54, 1.807) is 0 Å². The van der Waals surface area contributed by atoms with Crippen LogP contribution < -0.4 is 10.6 Å². The molecule has 2 atom stereocenters. The summed E-state index contributed by atoms with van der Waals surface area (Å²) in [5, 5.41) is 14.4. The third kappa shape index (κ3) is 7.14. The third-order valence-corrected chi connectivity index (χ3v) is 2.97. The van der Waals surface area contributed by atoms with E-state index in [4.69, 9.17) is 5.11 Å². The maximum atomic E-state index is 11.6. The Morgan fingerprint density at radius 2 is 1.83 bits per heavy atom. The average Bonchev–Trinajstić information content (AvgIpc) is 2.25. The summed E-state index contributed by atoms with van der Waals surface area (Å²) in [5.74, 6) is -1.41. The molecular formula is C13H26N2O3. The molecule has 18 heavy (non-hydrogen) atoms. The first kappa shape index (κ1) is 16.7. The van der Waals surface area contributed by atoms with E-state index in [0.29, 0.717) is 0 Å². The van der Waals surface area contributed by atoms with E-state index in [9.17, 15) is 9.59 Å². The summed E-state index contributed by atoms with van der Waals surface area (Å²) in [5.41, 5.74) is 0. The van der Waals surface area contributed by atoms with Gasteiger partial charge in [0.05, 0.1) is 5.92 Å². The highest BCUT2D eigenvalue weighted by atomic mass is 16.4. The van der Waals surface area contributed by atoms with E-state index in [0.717, 1.165) is 19.3 Å². The number of rotatable bonds is 8. The number of carboxylic acid groups (broad SMARTS) is 1. The van der Waals surface area contributed by atoms with E-state index >= 15 is 0 Å². The standard InChI is InChI=1S/C13H26N2O3/c1-5-6-7-10(4)15-13(18)14-8-11(9(2)3)12(16)17/h9-11H,5-8H2,1-4H3,(H,16,17)(H2,14,15,18). The predicted molar refractivity (Wildman–Crippen MR) is 71.5 cm³/mol. The SMILES string of the molecule is CCCCC(C)NC(=O)NCC(C(=O)O)C(C)C. The van der Waals surface area contributed by atoms with E-state index < -0.39 is 11.9 Å². The van der Waals surface area contributed by atoms with Gasteiger partial charge in [0.25, 0.3) is 0 Å². The van der Waals surface area contributed by atoms with E-state index in [2.05, 4.69) is 17.6 Å². The number of amides is 2. The van der Waals surface area contributed by atoms with E-state index in [-0.39, 0.29) is 24.5 Å². The topological polar surface area (TPSA) is 78.4 Å². The minimum absolute atomic E-state index is 0.000292. The van der Waals surface area contributed by atoms with Crippen molar-refractivity contribution in [2.75, 3.05) is 6.54 Å². The van der Waals surface area contributed by atoms with Crippen LogP contribution in [-0.2, 0) is 4.79 Å². The normalized spacial score (nSPS) is 14.1. The maximum absolute atomic E-state index is 11.6. The second-order valence-corrected chi connectivity index (χ2v) is 5.09. The van der Waals surface area contributed by atoms with Gasteiger partial charge in [0, 0.05) is 12.6 Å². The Bertz CT molecular complexity index is 267. The summed E-state index contributed by atoms with van der Waals surface area (Å²) in [6, 6.07) is -0.169. The summed E-state index contributed by atoms with van der Waals surface area (Å²) < 4.78 is 0. The Hall–Kier alpha value is -1.26. The number of urea groups is 1. The number of carboxylic acids is 1. The molecule has 0 bridgehead atoms. The molecule has 0 heterocycles. The van der Waals surface area contributed by atoms with Gasteiger partial charge in [0.15, 0.2) is 0 Å². The van der Waals surface area contributed by atoms with Gasteiger partial charge in [0.1, 0.15) is 0 Å². The Balaban J connectivity index is 3.98. The Labute approximate surface area is 109 Å². The zero-order valence-corrected chi connectivity index (χ0v) is 11.8. The summed E-state index contributed by atoms with van der Waals surface area (Å²) in [7, 11) is 0. The molecule has 0 aliphatic carbocycles. The van der Waals surface area contributed by atoms with Gasteiger partial charge in [-0.05, 0) is 19.3 Å². The lowest BCUT2D eigenvalue weighted by Gasteiger charge is -2.18. The van der Waals surface area contributed by atoms with Crippen molar-refractivity contribution >= 4 is 12.0 Å². The molecule has 0 spiro atoms. The molecule has 0 aromatic heterocycles. The summed E-state index contributed by atoms with van der Waals surface area (Å²) in [6.45, 7) is 7.89. The summed E-state index contributed by atoms with van der Waals surface area (Å²) in [6.07, 6.45) is 3.11. The van der Waals surface area contributed by atoms with Crippen molar-refractivity contribution < 1.29 is 14.7 Å². The quantitative estimate of drug-likeness (QED) is 0.624. The van der Waals surface area contributed by atoms with Crippen molar-refractivity contribution in [3.63, 3.8) is 0 Å². The number of hydrogen-bond acceptors (Lipinski definition) is 2. The number of carbonyl (C=O) groups excluding carboxylic acids is 1. The fourth-order valence-electron chi connectivity index (χ4n) is 1.67. The first-order valence-electron chi connectivity index (χ1n) is 6.65. The van der Waals surface area contributed by atoms with Crippen LogP contribution in [0.25, 0.3) is 0 Å². The van der Waals surface area contributed by atoms with Crippen LogP contribution in [0.3, 0.4) is 0 Å². The highest BCUT2D eigenvalue weighted by Crippen LogP contribution is 2.09. The number of carbonyl (C=O) groups is 2. The van der Waals surface area contributed by atoms with Crippen molar-refractivity contribution in [3.8, 4) is 0 Å². The van der Waals surface area contributed by atoms with Crippen molar-refractivity contribution in [1.29, 1.82) is 0 Å². The largest absolute Gasteiger partial charge is 0.481 e. The zero-order valence-electron chi connectivity index (χ0n) is 11.8. The number of aliphatic carboxylic acids is 1. The van der Waals surface area contributed by atoms with Gasteiger partial charge in [-0.1, -0.05) is 33.6 Å². The van der Waals surface area contributed by atoms with Gasteiger partial charge < -0.3 is 15.7 Å². The van der Waals surface area contributed by atoms with Crippen molar-refractivity contribution in [2.45, 2.75) is 53.0 Å². The molecule has 0 aliphatic heterocycles. The van der Waals surface area contributed by atoms with Gasteiger partial charge >= 0.3 is 12.0 Å². The van der Waals surface area contributed by atoms with Crippen LogP contribution in [0.15, 0.2) is 0 Å². The van der Waals surface area contributed by atoms with Crippen molar-refractivity contribution in [3.05, 3.63) is 0 Å². The lowest BCUT2D eigenvalue weighted by Crippen LogP contribution is -2.44. The van der Waals surface area contributed by atoms with Gasteiger partial charge in [-0.2, -0.15) is 0 Å².